The van der Waals surface area contributed by atoms with E-state index in [0.717, 1.165) is 39.5 Å². The lowest BCUT2D eigenvalue weighted by atomic mass is 10.3. The maximum atomic E-state index is 5.92. The highest BCUT2D eigenvalue weighted by Gasteiger charge is 2.14. The lowest BCUT2D eigenvalue weighted by Gasteiger charge is -2.10. The van der Waals surface area contributed by atoms with Crippen LogP contribution in [0.1, 0.15) is 26.0 Å². The first-order valence-corrected chi connectivity index (χ1v) is 8.35. The van der Waals surface area contributed by atoms with Crippen LogP contribution in [0.25, 0.3) is 10.8 Å². The van der Waals surface area contributed by atoms with Crippen LogP contribution in [0.2, 0.25) is 4.34 Å². The maximum absolute atomic E-state index is 5.92. The third kappa shape index (κ3) is 3.55. The Hall–Kier alpha value is -0.470. The predicted molar refractivity (Wildman–Crippen MR) is 89.0 cm³/mol. The Morgan fingerprint density at radius 1 is 1.37 bits per heavy atom. The van der Waals surface area contributed by atoms with Gasteiger partial charge < -0.3 is 5.32 Å². The Bertz CT molecular complexity index is 573. The first-order valence-electron chi connectivity index (χ1n) is 6.07. The van der Waals surface area contributed by atoms with Crippen molar-refractivity contribution in [3.8, 4) is 10.8 Å². The molecule has 0 aliphatic heterocycles. The number of nitrogens with one attached hydrogen (secondary N) is 1. The van der Waals surface area contributed by atoms with Crippen molar-refractivity contribution in [3.05, 3.63) is 19.8 Å². The molecule has 0 aliphatic carbocycles. The summed E-state index contributed by atoms with van der Waals surface area (Å²) in [6.45, 7) is 5.12. The third-order valence-corrected chi connectivity index (χ3v) is 4.71. The molecule has 0 bridgehead atoms. The molecule has 0 saturated carbocycles. The molecular weight excluding hydrogens is 395 g/mol. The predicted octanol–water partition coefficient (Wildman–Crippen LogP) is 4.24. The van der Waals surface area contributed by atoms with Gasteiger partial charge in [-0.3, -0.25) is 0 Å². The topological polar surface area (TPSA) is 50.7 Å². The molecule has 0 fully saturated rings. The van der Waals surface area contributed by atoms with Gasteiger partial charge in [0.15, 0.2) is 10.8 Å². The summed E-state index contributed by atoms with van der Waals surface area (Å²) in [5.41, 5.74) is 1.04. The zero-order valence-electron chi connectivity index (χ0n) is 10.7. The standard InChI is InChI=1S/C12H14ClIN4S/c1-3-5-15-10-9(14)7(4-2)17-11(18-10)12-16-6-8(13)19-12/h6H,3-5H2,1-2H3,(H,15,17,18). The number of aromatic nitrogens is 3. The number of hydrogen-bond donors (Lipinski definition) is 1. The quantitative estimate of drug-likeness (QED) is 0.752. The smallest absolute Gasteiger partial charge is 0.191 e. The Morgan fingerprint density at radius 2 is 2.16 bits per heavy atom. The van der Waals surface area contributed by atoms with Gasteiger partial charge in [0.25, 0.3) is 0 Å². The highest BCUT2D eigenvalue weighted by Crippen LogP contribution is 2.29. The van der Waals surface area contributed by atoms with Crippen LogP contribution in [-0.4, -0.2) is 21.5 Å². The summed E-state index contributed by atoms with van der Waals surface area (Å²) in [5.74, 6) is 1.53. The Kier molecular flexibility index (Phi) is 5.35. The van der Waals surface area contributed by atoms with Gasteiger partial charge in [0.1, 0.15) is 10.2 Å². The van der Waals surface area contributed by atoms with E-state index in [0.29, 0.717) is 10.2 Å². The SMILES string of the molecule is CCCNc1nc(-c2ncc(Cl)s2)nc(CC)c1I. The molecule has 0 aliphatic rings. The van der Waals surface area contributed by atoms with Crippen LogP contribution in [0.5, 0.6) is 0 Å². The number of hydrogen-bond acceptors (Lipinski definition) is 5. The van der Waals surface area contributed by atoms with E-state index >= 15 is 0 Å². The fraction of sp³-hybridized carbons (Fsp3) is 0.417. The number of anilines is 1. The van der Waals surface area contributed by atoms with Crippen LogP contribution in [0.4, 0.5) is 5.82 Å². The molecule has 0 aromatic carbocycles. The summed E-state index contributed by atoms with van der Waals surface area (Å²) >= 11 is 9.61. The minimum Gasteiger partial charge on any atom is -0.369 e. The van der Waals surface area contributed by atoms with Gasteiger partial charge in [-0.05, 0) is 35.4 Å². The summed E-state index contributed by atoms with van der Waals surface area (Å²) in [7, 11) is 0. The average Bonchev–Trinajstić information content (AvgIpc) is 2.84. The fourth-order valence-electron chi connectivity index (χ4n) is 1.54. The molecule has 0 atom stereocenters. The van der Waals surface area contributed by atoms with Crippen LogP contribution < -0.4 is 5.32 Å². The van der Waals surface area contributed by atoms with Gasteiger partial charge in [-0.2, -0.15) is 0 Å². The molecule has 1 N–H and O–H groups in total. The molecule has 2 aromatic heterocycles. The minimum atomic E-state index is 0.646. The van der Waals surface area contributed by atoms with Crippen LogP contribution >= 0.6 is 45.5 Å². The highest BCUT2D eigenvalue weighted by atomic mass is 127. The van der Waals surface area contributed by atoms with E-state index in [4.69, 9.17) is 11.6 Å². The summed E-state index contributed by atoms with van der Waals surface area (Å²) < 4.78 is 1.73. The molecule has 0 unspecified atom stereocenters. The van der Waals surface area contributed by atoms with E-state index in [1.165, 1.54) is 11.3 Å². The molecule has 2 aromatic rings. The largest absolute Gasteiger partial charge is 0.369 e. The molecule has 0 amide bonds. The molecule has 7 heteroatoms. The normalized spacial score (nSPS) is 10.7. The van der Waals surface area contributed by atoms with E-state index < -0.39 is 0 Å². The third-order valence-electron chi connectivity index (χ3n) is 2.47. The Labute approximate surface area is 135 Å². The molecule has 0 spiro atoms. The van der Waals surface area contributed by atoms with Gasteiger partial charge in [0.05, 0.1) is 15.5 Å². The fourth-order valence-corrected chi connectivity index (χ4v) is 3.20. The molecule has 2 heterocycles. The van der Waals surface area contributed by atoms with E-state index in [9.17, 15) is 0 Å². The van der Waals surface area contributed by atoms with Crippen molar-refractivity contribution < 1.29 is 0 Å². The number of nitrogens with zero attached hydrogens (tertiary/aromatic N) is 3. The number of rotatable bonds is 5. The van der Waals surface area contributed by atoms with Gasteiger partial charge >= 0.3 is 0 Å². The van der Waals surface area contributed by atoms with Gasteiger partial charge in [0, 0.05) is 6.54 Å². The maximum Gasteiger partial charge on any atom is 0.191 e. The van der Waals surface area contributed by atoms with Crippen molar-refractivity contribution in [2.75, 3.05) is 11.9 Å². The monoisotopic (exact) mass is 408 g/mol. The Morgan fingerprint density at radius 3 is 2.74 bits per heavy atom. The molecule has 2 rings (SSSR count). The van der Waals surface area contributed by atoms with E-state index in [1.807, 2.05) is 0 Å². The lowest BCUT2D eigenvalue weighted by Crippen LogP contribution is -2.08. The summed E-state index contributed by atoms with van der Waals surface area (Å²) in [6, 6.07) is 0. The molecular formula is C12H14ClIN4S. The molecule has 4 nitrogen and oxygen atoms in total. The lowest BCUT2D eigenvalue weighted by molar-refractivity contribution is 0.942. The van der Waals surface area contributed by atoms with Crippen molar-refractivity contribution >= 4 is 51.3 Å². The zero-order valence-corrected chi connectivity index (χ0v) is 14.4. The molecule has 0 radical (unpaired) electrons. The first-order chi connectivity index (χ1) is 9.15. The summed E-state index contributed by atoms with van der Waals surface area (Å²) in [4.78, 5) is 13.4. The van der Waals surface area contributed by atoms with Crippen molar-refractivity contribution in [1.29, 1.82) is 0 Å². The minimum absolute atomic E-state index is 0.646. The van der Waals surface area contributed by atoms with Gasteiger partial charge in [-0.25, -0.2) is 15.0 Å². The van der Waals surface area contributed by atoms with Gasteiger partial charge in [0.2, 0.25) is 0 Å². The van der Waals surface area contributed by atoms with Crippen molar-refractivity contribution in [3.63, 3.8) is 0 Å². The average molecular weight is 409 g/mol. The first kappa shape index (κ1) is 14.9. The van der Waals surface area contributed by atoms with Crippen LogP contribution in [-0.2, 0) is 6.42 Å². The van der Waals surface area contributed by atoms with Gasteiger partial charge in [-0.15, -0.1) is 0 Å². The zero-order chi connectivity index (χ0) is 13.8. The highest BCUT2D eigenvalue weighted by molar-refractivity contribution is 14.1. The van der Waals surface area contributed by atoms with Crippen LogP contribution in [0.3, 0.4) is 0 Å². The summed E-state index contributed by atoms with van der Waals surface area (Å²) in [5, 5.41) is 4.10. The van der Waals surface area contributed by atoms with Crippen LogP contribution in [0.15, 0.2) is 6.20 Å². The van der Waals surface area contributed by atoms with Crippen molar-refractivity contribution in [2.24, 2.45) is 0 Å². The second-order valence-corrected chi connectivity index (χ2v) is 6.65. The summed E-state index contributed by atoms with van der Waals surface area (Å²) in [6.07, 6.45) is 3.56. The number of aryl methyl sites for hydroxylation is 1. The number of thiazole rings is 1. The molecule has 102 valence electrons. The molecule has 0 saturated heterocycles. The van der Waals surface area contributed by atoms with Crippen molar-refractivity contribution in [1.82, 2.24) is 15.0 Å². The second kappa shape index (κ2) is 6.81. The van der Waals surface area contributed by atoms with Crippen LogP contribution in [0, 0.1) is 3.57 Å². The Balaban J connectivity index is 2.44. The molecule has 19 heavy (non-hydrogen) atoms. The number of halogens is 2. The van der Waals surface area contributed by atoms with Crippen molar-refractivity contribution in [2.45, 2.75) is 26.7 Å². The second-order valence-electron chi connectivity index (χ2n) is 3.91. The van der Waals surface area contributed by atoms with E-state index in [2.05, 4.69) is 56.7 Å². The van der Waals surface area contributed by atoms with Gasteiger partial charge in [-0.1, -0.05) is 36.8 Å². The van der Waals surface area contributed by atoms with E-state index in [-0.39, 0.29) is 0 Å². The van der Waals surface area contributed by atoms with E-state index in [1.54, 1.807) is 6.20 Å².